The Morgan fingerprint density at radius 1 is 1.30 bits per heavy atom. The monoisotopic (exact) mass is 405 g/mol. The predicted octanol–water partition coefficient (Wildman–Crippen LogP) is 4.76. The first-order chi connectivity index (χ1) is 9.65. The van der Waals surface area contributed by atoms with Crippen LogP contribution >= 0.6 is 31.9 Å². The Hall–Kier alpha value is -0.420. The minimum Gasteiger partial charge on any atom is -0.335 e. The maximum Gasteiger partial charge on any atom is 0.258 e. The third-order valence-corrected chi connectivity index (χ3v) is 4.79. The summed E-state index contributed by atoms with van der Waals surface area (Å²) in [5, 5.41) is 0.710. The molecule has 0 spiro atoms. The first-order valence-electron chi connectivity index (χ1n) is 6.96. The largest absolute Gasteiger partial charge is 0.335 e. The summed E-state index contributed by atoms with van der Waals surface area (Å²) in [7, 11) is 0. The molecule has 0 N–H and O–H groups in total. The van der Waals surface area contributed by atoms with Gasteiger partial charge in [-0.3, -0.25) is 4.79 Å². The molecule has 0 saturated heterocycles. The van der Waals surface area contributed by atoms with Gasteiger partial charge in [-0.1, -0.05) is 41.3 Å². The lowest BCUT2D eigenvalue weighted by atomic mass is 9.93. The number of amides is 1. The Kier molecular flexibility index (Phi) is 6.02. The molecule has 1 aromatic carbocycles. The number of benzene rings is 1. The Morgan fingerprint density at radius 2 is 2.00 bits per heavy atom. The average molecular weight is 407 g/mol. The number of nitrogens with zero attached hydrogens (tertiary/aromatic N) is 1. The second kappa shape index (κ2) is 7.55. The molecule has 1 amide bonds. The van der Waals surface area contributed by atoms with Gasteiger partial charge in [-0.05, 0) is 40.9 Å². The van der Waals surface area contributed by atoms with Gasteiger partial charge in [-0.2, -0.15) is 0 Å². The molecule has 0 heterocycles. The molecular formula is C15H18Br2FNO. The van der Waals surface area contributed by atoms with Crippen LogP contribution in [0.2, 0.25) is 0 Å². The standard InChI is InChI=1S/C15H18Br2FNO/c16-9-10-19(11-5-2-1-3-6-11)15(20)14-12(17)7-4-8-13(14)18/h4,7-8,11H,1-3,5-6,9-10H2. The maximum atomic E-state index is 14.0. The zero-order chi connectivity index (χ0) is 14.5. The minimum absolute atomic E-state index is 0.152. The second-order valence-electron chi connectivity index (χ2n) is 5.08. The highest BCUT2D eigenvalue weighted by molar-refractivity contribution is 9.10. The zero-order valence-electron chi connectivity index (χ0n) is 11.2. The van der Waals surface area contributed by atoms with E-state index in [0.717, 1.165) is 25.7 Å². The molecule has 0 unspecified atom stereocenters. The molecule has 2 nitrogen and oxygen atoms in total. The third kappa shape index (κ3) is 3.61. The molecule has 1 fully saturated rings. The van der Waals surface area contributed by atoms with Crippen molar-refractivity contribution in [3.8, 4) is 0 Å². The molecule has 110 valence electrons. The van der Waals surface area contributed by atoms with Crippen molar-refractivity contribution in [2.24, 2.45) is 0 Å². The van der Waals surface area contributed by atoms with Crippen LogP contribution in [0.15, 0.2) is 22.7 Å². The number of halogens is 3. The van der Waals surface area contributed by atoms with E-state index in [1.807, 2.05) is 4.90 Å². The van der Waals surface area contributed by atoms with Crippen LogP contribution in [-0.2, 0) is 0 Å². The number of rotatable bonds is 4. The lowest BCUT2D eigenvalue weighted by molar-refractivity contribution is 0.0645. The highest BCUT2D eigenvalue weighted by Gasteiger charge is 2.28. The van der Waals surface area contributed by atoms with E-state index < -0.39 is 5.82 Å². The molecule has 0 aromatic heterocycles. The summed E-state index contributed by atoms with van der Waals surface area (Å²) in [5.41, 5.74) is 0.152. The number of hydrogen-bond acceptors (Lipinski definition) is 1. The van der Waals surface area contributed by atoms with E-state index in [1.165, 1.54) is 12.5 Å². The topological polar surface area (TPSA) is 20.3 Å². The summed E-state index contributed by atoms with van der Waals surface area (Å²) in [4.78, 5) is 14.5. The molecular weight excluding hydrogens is 389 g/mol. The van der Waals surface area contributed by atoms with Gasteiger partial charge in [0.2, 0.25) is 0 Å². The van der Waals surface area contributed by atoms with Gasteiger partial charge in [0.1, 0.15) is 5.82 Å². The van der Waals surface area contributed by atoms with Crippen molar-refractivity contribution < 1.29 is 9.18 Å². The zero-order valence-corrected chi connectivity index (χ0v) is 14.4. The van der Waals surface area contributed by atoms with Crippen molar-refractivity contribution in [1.29, 1.82) is 0 Å². The van der Waals surface area contributed by atoms with Gasteiger partial charge in [0.15, 0.2) is 0 Å². The van der Waals surface area contributed by atoms with E-state index in [-0.39, 0.29) is 17.5 Å². The first-order valence-corrected chi connectivity index (χ1v) is 8.87. The minimum atomic E-state index is -0.459. The normalized spacial score (nSPS) is 16.1. The first kappa shape index (κ1) is 16.0. The summed E-state index contributed by atoms with van der Waals surface area (Å²) in [6, 6.07) is 4.89. The fraction of sp³-hybridized carbons (Fsp3) is 0.533. The van der Waals surface area contributed by atoms with Crippen LogP contribution in [0.3, 0.4) is 0 Å². The van der Waals surface area contributed by atoms with Gasteiger partial charge in [-0.15, -0.1) is 0 Å². The van der Waals surface area contributed by atoms with E-state index in [2.05, 4.69) is 31.9 Å². The molecule has 1 aliphatic carbocycles. The number of hydrogen-bond donors (Lipinski definition) is 0. The fourth-order valence-corrected chi connectivity index (χ4v) is 3.67. The Bertz CT molecular complexity index is 455. The van der Waals surface area contributed by atoms with Gasteiger partial charge in [-0.25, -0.2) is 4.39 Å². The van der Waals surface area contributed by atoms with E-state index in [4.69, 9.17) is 0 Å². The fourth-order valence-electron chi connectivity index (χ4n) is 2.78. The molecule has 20 heavy (non-hydrogen) atoms. The summed E-state index contributed by atoms with van der Waals surface area (Å²) in [6.45, 7) is 0.615. The molecule has 5 heteroatoms. The predicted molar refractivity (Wildman–Crippen MR) is 85.8 cm³/mol. The maximum absolute atomic E-state index is 14.0. The van der Waals surface area contributed by atoms with Crippen molar-refractivity contribution in [3.63, 3.8) is 0 Å². The molecule has 0 bridgehead atoms. The molecule has 0 atom stereocenters. The highest BCUT2D eigenvalue weighted by Crippen LogP contribution is 2.27. The summed E-state index contributed by atoms with van der Waals surface area (Å²) in [6.07, 6.45) is 5.57. The number of alkyl halides is 1. The molecule has 0 aliphatic heterocycles. The molecule has 0 radical (unpaired) electrons. The van der Waals surface area contributed by atoms with Crippen LogP contribution in [0.25, 0.3) is 0 Å². The summed E-state index contributed by atoms with van der Waals surface area (Å²) < 4.78 is 14.5. The van der Waals surface area contributed by atoms with Crippen LogP contribution < -0.4 is 0 Å². The van der Waals surface area contributed by atoms with Crippen LogP contribution in [0.4, 0.5) is 4.39 Å². The second-order valence-corrected chi connectivity index (χ2v) is 6.72. The summed E-state index contributed by atoms with van der Waals surface area (Å²) >= 11 is 6.69. The van der Waals surface area contributed by atoms with Gasteiger partial charge < -0.3 is 4.90 Å². The Balaban J connectivity index is 2.26. The molecule has 1 aromatic rings. The van der Waals surface area contributed by atoms with Crippen molar-refractivity contribution >= 4 is 37.8 Å². The lowest BCUT2D eigenvalue weighted by Crippen LogP contribution is -2.43. The van der Waals surface area contributed by atoms with Crippen LogP contribution in [-0.4, -0.2) is 28.7 Å². The Morgan fingerprint density at radius 3 is 2.60 bits per heavy atom. The van der Waals surface area contributed by atoms with E-state index in [9.17, 15) is 9.18 Å². The van der Waals surface area contributed by atoms with Crippen LogP contribution in [0, 0.1) is 5.82 Å². The Labute approximate surface area is 136 Å². The van der Waals surface area contributed by atoms with Gasteiger partial charge in [0.05, 0.1) is 5.56 Å². The van der Waals surface area contributed by atoms with E-state index >= 15 is 0 Å². The SMILES string of the molecule is O=C(c1c(F)cccc1Br)N(CCBr)C1CCCCC1. The number of carbonyl (C=O) groups is 1. The van der Waals surface area contributed by atoms with E-state index in [0.29, 0.717) is 16.3 Å². The summed E-state index contributed by atoms with van der Waals surface area (Å²) in [5.74, 6) is -0.666. The number of carbonyl (C=O) groups excluding carboxylic acids is 1. The smallest absolute Gasteiger partial charge is 0.258 e. The van der Waals surface area contributed by atoms with Crippen molar-refractivity contribution in [2.45, 2.75) is 38.1 Å². The average Bonchev–Trinajstić information content (AvgIpc) is 2.45. The molecule has 1 saturated carbocycles. The highest BCUT2D eigenvalue weighted by atomic mass is 79.9. The van der Waals surface area contributed by atoms with Crippen LogP contribution in [0.1, 0.15) is 42.5 Å². The van der Waals surface area contributed by atoms with Gasteiger partial charge in [0, 0.05) is 22.4 Å². The van der Waals surface area contributed by atoms with Crippen molar-refractivity contribution in [1.82, 2.24) is 4.90 Å². The third-order valence-electron chi connectivity index (χ3n) is 3.78. The molecule has 2 rings (SSSR count). The van der Waals surface area contributed by atoms with Crippen LogP contribution in [0.5, 0.6) is 0 Å². The lowest BCUT2D eigenvalue weighted by Gasteiger charge is -2.34. The van der Waals surface area contributed by atoms with Gasteiger partial charge in [0.25, 0.3) is 5.91 Å². The molecule has 1 aliphatic rings. The van der Waals surface area contributed by atoms with Gasteiger partial charge >= 0.3 is 0 Å². The van der Waals surface area contributed by atoms with Crippen molar-refractivity contribution in [2.75, 3.05) is 11.9 Å². The van der Waals surface area contributed by atoms with E-state index in [1.54, 1.807) is 12.1 Å². The quantitative estimate of drug-likeness (QED) is 0.660. The van der Waals surface area contributed by atoms with Crippen molar-refractivity contribution in [3.05, 3.63) is 34.1 Å².